The van der Waals surface area contributed by atoms with Crippen molar-refractivity contribution in [2.75, 3.05) is 0 Å². The molecule has 0 spiro atoms. The Hall–Kier alpha value is -0.660. The van der Waals surface area contributed by atoms with Gasteiger partial charge in [-0.15, -0.1) is 0 Å². The second-order valence-electron chi connectivity index (χ2n) is 1.05. The van der Waals surface area contributed by atoms with Crippen LogP contribution in [0, 0.1) is 0 Å². The minimum Gasteiger partial charge on any atom is -0.412 e. The normalized spacial score (nSPS) is 9.80. The number of hydrogen-bond donors (Lipinski definition) is 4. The maximum absolute atomic E-state index is 9.74. The van der Waals surface area contributed by atoms with Crippen LogP contribution in [0.1, 0.15) is 0 Å². The van der Waals surface area contributed by atoms with Gasteiger partial charge in [0.1, 0.15) is 0 Å². The number of rotatable bonds is 2. The van der Waals surface area contributed by atoms with Crippen molar-refractivity contribution in [3.8, 4) is 0 Å². The first-order chi connectivity index (χ1) is 3.92. The second-order valence-corrected chi connectivity index (χ2v) is 2.21. The maximum atomic E-state index is 9.74. The van der Waals surface area contributed by atoms with Crippen molar-refractivity contribution >= 4 is 13.9 Å². The number of phosphoric acid groups is 1. The van der Waals surface area contributed by atoms with Gasteiger partial charge in [0.25, 0.3) is 0 Å². The van der Waals surface area contributed by atoms with Crippen molar-refractivity contribution in [1.82, 2.24) is 5.48 Å². The molecule has 0 aromatic rings. The number of urea groups is 1. The van der Waals surface area contributed by atoms with Crippen molar-refractivity contribution < 1.29 is 29.2 Å². The van der Waals surface area contributed by atoms with Crippen LogP contribution >= 0.6 is 7.82 Å². The molecular weight excluding hydrogens is 167 g/mol. The lowest BCUT2D eigenvalue weighted by Crippen LogP contribution is -2.28. The van der Waals surface area contributed by atoms with Crippen molar-refractivity contribution in [3.63, 3.8) is 0 Å². The minimum atomic E-state index is -4.63. The molecule has 10 heavy (non-hydrogen) atoms. The molecule has 0 aliphatic rings. The molecule has 7 N–H and O–H groups in total. The van der Waals surface area contributed by atoms with Gasteiger partial charge in [-0.05, 0) is 0 Å². The number of hydrogen-bond acceptors (Lipinski definition) is 3. The number of primary amides is 1. The fraction of sp³-hybridized carbons (Fsp3) is 0. The summed E-state index contributed by atoms with van der Waals surface area (Å²) in [5.74, 6) is 0. The van der Waals surface area contributed by atoms with Gasteiger partial charge in [-0.1, -0.05) is 0 Å². The lowest BCUT2D eigenvalue weighted by atomic mass is 11.2. The lowest BCUT2D eigenvalue weighted by Gasteiger charge is -2.01. The molecule has 0 aromatic carbocycles. The molecule has 62 valence electrons. The van der Waals surface area contributed by atoms with Crippen LogP contribution in [0.15, 0.2) is 0 Å². The second kappa shape index (κ2) is 4.20. The van der Waals surface area contributed by atoms with E-state index in [1.165, 1.54) is 5.48 Å². The van der Waals surface area contributed by atoms with Crippen LogP contribution in [0.25, 0.3) is 0 Å². The molecule has 0 unspecified atom stereocenters. The lowest BCUT2D eigenvalue weighted by molar-refractivity contribution is 0.135. The van der Waals surface area contributed by atoms with Crippen LogP contribution in [-0.4, -0.2) is 21.3 Å². The Morgan fingerprint density at radius 3 is 2.10 bits per heavy atom. The van der Waals surface area contributed by atoms with Crippen molar-refractivity contribution in [3.05, 3.63) is 0 Å². The quantitative estimate of drug-likeness (QED) is 0.277. The van der Waals surface area contributed by atoms with Gasteiger partial charge < -0.3 is 21.0 Å². The van der Waals surface area contributed by atoms with E-state index in [-0.39, 0.29) is 5.48 Å². The largest absolute Gasteiger partial charge is 0.491 e. The van der Waals surface area contributed by atoms with Gasteiger partial charge in [0.2, 0.25) is 0 Å². The Balaban J connectivity index is 0. The molecule has 0 saturated heterocycles. The zero-order chi connectivity index (χ0) is 7.49. The van der Waals surface area contributed by atoms with E-state index in [1.54, 1.807) is 0 Å². The standard InChI is InChI=1S/CH5N2O5P.H2O/c2-1(4)3-8-9(5,6)7;/h(H3,2,3,4)(H2,5,6,7);1H2. The third-order valence-corrected chi connectivity index (χ3v) is 0.594. The summed E-state index contributed by atoms with van der Waals surface area (Å²) in [5.41, 5.74) is 5.64. The third kappa shape index (κ3) is 10.3. The topological polar surface area (TPSA) is 153 Å². The summed E-state index contributed by atoms with van der Waals surface area (Å²) in [5, 5.41) is 0. The van der Waals surface area contributed by atoms with Crippen molar-refractivity contribution in [2.45, 2.75) is 0 Å². The van der Waals surface area contributed by atoms with Crippen molar-refractivity contribution in [1.29, 1.82) is 0 Å². The van der Waals surface area contributed by atoms with Gasteiger partial charge in [-0.3, -0.25) is 0 Å². The molecule has 9 heteroatoms. The number of hydroxylamine groups is 1. The van der Waals surface area contributed by atoms with E-state index in [0.29, 0.717) is 0 Å². The highest BCUT2D eigenvalue weighted by Gasteiger charge is 2.14. The number of amides is 2. The Morgan fingerprint density at radius 1 is 1.60 bits per heavy atom. The Bertz CT molecular complexity index is 150. The molecule has 0 heterocycles. The van der Waals surface area contributed by atoms with Gasteiger partial charge in [0.05, 0.1) is 0 Å². The van der Waals surface area contributed by atoms with Gasteiger partial charge in [-0.25, -0.2) is 14.8 Å². The van der Waals surface area contributed by atoms with Crippen molar-refractivity contribution in [2.24, 2.45) is 5.73 Å². The average Bonchev–Trinajstić information content (AvgIpc) is 1.59. The predicted molar refractivity (Wildman–Crippen MR) is 29.5 cm³/mol. The summed E-state index contributed by atoms with van der Waals surface area (Å²) in [6.07, 6.45) is 0. The smallest absolute Gasteiger partial charge is 0.412 e. The first kappa shape index (κ1) is 12.1. The fourth-order valence-corrected chi connectivity index (χ4v) is 0.313. The summed E-state index contributed by atoms with van der Waals surface area (Å²) in [6, 6.07) is -1.17. The van der Waals surface area contributed by atoms with Crippen LogP contribution in [0.3, 0.4) is 0 Å². The summed E-state index contributed by atoms with van der Waals surface area (Å²) < 4.78 is 13.2. The molecular formula is CH7N2O6P. The van der Waals surface area contributed by atoms with Crippen LogP contribution in [-0.2, 0) is 9.19 Å². The highest BCUT2D eigenvalue weighted by molar-refractivity contribution is 7.46. The molecule has 2 amide bonds. The Labute approximate surface area is 55.5 Å². The molecule has 0 rings (SSSR count). The number of nitrogens with two attached hydrogens (primary N) is 1. The Kier molecular flexibility index (Phi) is 5.07. The molecule has 0 aliphatic heterocycles. The fourth-order valence-electron chi connectivity index (χ4n) is 0.104. The highest BCUT2D eigenvalue weighted by atomic mass is 31.2. The monoisotopic (exact) mass is 174 g/mol. The molecule has 0 saturated carbocycles. The molecule has 0 fully saturated rings. The summed E-state index contributed by atoms with van der Waals surface area (Å²) in [4.78, 5) is 25.5. The molecule has 0 aromatic heterocycles. The molecule has 0 atom stereocenters. The molecule has 8 nitrogen and oxygen atoms in total. The number of nitrogens with one attached hydrogen (secondary N) is 1. The molecule has 0 radical (unpaired) electrons. The number of carbonyl (C=O) groups excluding carboxylic acids is 1. The van der Waals surface area contributed by atoms with Crippen LogP contribution in [0.2, 0.25) is 0 Å². The SMILES string of the molecule is NC(=O)NOP(=O)(O)O.O. The number of carbonyl (C=O) groups is 1. The zero-order valence-corrected chi connectivity index (χ0v) is 5.54. The highest BCUT2D eigenvalue weighted by Crippen LogP contribution is 2.33. The van der Waals surface area contributed by atoms with Crippen LogP contribution in [0.5, 0.6) is 0 Å². The van der Waals surface area contributed by atoms with E-state index < -0.39 is 13.9 Å². The molecule has 0 bridgehead atoms. The van der Waals surface area contributed by atoms with E-state index in [0.717, 1.165) is 0 Å². The van der Waals surface area contributed by atoms with Crippen LogP contribution < -0.4 is 11.2 Å². The van der Waals surface area contributed by atoms with Gasteiger partial charge in [0, 0.05) is 0 Å². The van der Waals surface area contributed by atoms with E-state index in [1.807, 2.05) is 0 Å². The van der Waals surface area contributed by atoms with Gasteiger partial charge in [-0.2, -0.15) is 4.62 Å². The van der Waals surface area contributed by atoms with Gasteiger partial charge in [0.15, 0.2) is 0 Å². The third-order valence-electron chi connectivity index (χ3n) is 0.265. The summed E-state index contributed by atoms with van der Waals surface area (Å²) in [7, 11) is -4.63. The minimum absolute atomic E-state index is 0. The van der Waals surface area contributed by atoms with Crippen LogP contribution in [0.4, 0.5) is 4.79 Å². The Morgan fingerprint density at radius 2 is 2.00 bits per heavy atom. The van der Waals surface area contributed by atoms with Gasteiger partial charge >= 0.3 is 13.9 Å². The summed E-state index contributed by atoms with van der Waals surface area (Å²) >= 11 is 0. The first-order valence-corrected chi connectivity index (χ1v) is 3.24. The zero-order valence-electron chi connectivity index (χ0n) is 4.64. The van der Waals surface area contributed by atoms with E-state index >= 15 is 0 Å². The first-order valence-electron chi connectivity index (χ1n) is 1.71. The van der Waals surface area contributed by atoms with E-state index in [2.05, 4.69) is 10.4 Å². The molecule has 0 aliphatic carbocycles. The maximum Gasteiger partial charge on any atom is 0.491 e. The van der Waals surface area contributed by atoms with E-state index in [4.69, 9.17) is 9.79 Å². The summed E-state index contributed by atoms with van der Waals surface area (Å²) in [6.45, 7) is 0. The predicted octanol–water partition coefficient (Wildman–Crippen LogP) is -2.15. The van der Waals surface area contributed by atoms with E-state index in [9.17, 15) is 9.36 Å². The average molecular weight is 174 g/mol.